The summed E-state index contributed by atoms with van der Waals surface area (Å²) in [5.74, 6) is -0.794. The van der Waals surface area contributed by atoms with E-state index in [-0.39, 0.29) is 31.2 Å². The van der Waals surface area contributed by atoms with Crippen LogP contribution in [0.3, 0.4) is 0 Å². The van der Waals surface area contributed by atoms with Crippen LogP contribution in [0.1, 0.15) is 31.9 Å². The SMILES string of the molecule is COC(=O)/C(NC(=O)OC(C)(C)C)=C1\N[C@@H](CO)[C@@H](OCc2ccccc2)[C@@H]1OCc1ccccc1. The number of alkyl carbamates (subject to hydrolysis) is 1. The summed E-state index contributed by atoms with van der Waals surface area (Å²) in [7, 11) is 1.21. The summed E-state index contributed by atoms with van der Waals surface area (Å²) in [5, 5.41) is 15.7. The van der Waals surface area contributed by atoms with Crippen LogP contribution in [0.5, 0.6) is 0 Å². The molecule has 9 heteroatoms. The molecule has 0 bridgehead atoms. The van der Waals surface area contributed by atoms with Crippen molar-refractivity contribution in [3.8, 4) is 0 Å². The van der Waals surface area contributed by atoms with E-state index in [0.29, 0.717) is 0 Å². The summed E-state index contributed by atoms with van der Waals surface area (Å²) < 4.78 is 22.7. The Morgan fingerprint density at radius 3 is 2.00 bits per heavy atom. The number of ether oxygens (including phenoxy) is 4. The molecule has 36 heavy (non-hydrogen) atoms. The smallest absolute Gasteiger partial charge is 0.412 e. The third-order valence-corrected chi connectivity index (χ3v) is 5.36. The normalized spacial score (nSPS) is 20.9. The van der Waals surface area contributed by atoms with E-state index in [1.807, 2.05) is 60.7 Å². The molecule has 3 atom stereocenters. The largest absolute Gasteiger partial charge is 0.464 e. The molecule has 1 aliphatic rings. The van der Waals surface area contributed by atoms with Gasteiger partial charge in [0.05, 0.1) is 38.7 Å². The highest BCUT2D eigenvalue weighted by Gasteiger charge is 2.44. The maximum Gasteiger partial charge on any atom is 0.412 e. The van der Waals surface area contributed by atoms with Crippen LogP contribution in [0, 0.1) is 0 Å². The van der Waals surface area contributed by atoms with Gasteiger partial charge in [-0.05, 0) is 31.9 Å². The highest BCUT2D eigenvalue weighted by atomic mass is 16.6. The fourth-order valence-corrected chi connectivity index (χ4v) is 3.75. The molecule has 9 nitrogen and oxygen atoms in total. The van der Waals surface area contributed by atoms with Crippen LogP contribution in [0.2, 0.25) is 0 Å². The molecule has 1 aliphatic heterocycles. The molecule has 0 aliphatic carbocycles. The first-order valence-electron chi connectivity index (χ1n) is 11.7. The predicted molar refractivity (Wildman–Crippen MR) is 132 cm³/mol. The number of aliphatic hydroxyl groups is 1. The number of aliphatic hydroxyl groups excluding tert-OH is 1. The van der Waals surface area contributed by atoms with Crippen LogP contribution in [0.4, 0.5) is 4.79 Å². The predicted octanol–water partition coefficient (Wildman–Crippen LogP) is 3.03. The number of hydrogen-bond donors (Lipinski definition) is 3. The number of nitrogens with one attached hydrogen (secondary N) is 2. The second kappa shape index (κ2) is 12.5. The lowest BCUT2D eigenvalue weighted by atomic mass is 10.1. The molecule has 1 heterocycles. The van der Waals surface area contributed by atoms with Crippen molar-refractivity contribution in [2.45, 2.75) is 57.8 Å². The minimum atomic E-state index is -0.826. The van der Waals surface area contributed by atoms with Gasteiger partial charge in [-0.1, -0.05) is 60.7 Å². The molecular weight excluding hydrogens is 464 g/mol. The van der Waals surface area contributed by atoms with Crippen molar-refractivity contribution >= 4 is 12.1 Å². The summed E-state index contributed by atoms with van der Waals surface area (Å²) >= 11 is 0. The number of hydrogen-bond acceptors (Lipinski definition) is 8. The molecule has 0 aromatic heterocycles. The first-order valence-corrected chi connectivity index (χ1v) is 11.7. The van der Waals surface area contributed by atoms with E-state index in [1.165, 1.54) is 7.11 Å². The Hall–Kier alpha value is -3.40. The van der Waals surface area contributed by atoms with E-state index in [1.54, 1.807) is 20.8 Å². The summed E-state index contributed by atoms with van der Waals surface area (Å²) in [6.07, 6.45) is -2.32. The third kappa shape index (κ3) is 7.55. The fourth-order valence-electron chi connectivity index (χ4n) is 3.75. The lowest BCUT2D eigenvalue weighted by Crippen LogP contribution is -2.39. The van der Waals surface area contributed by atoms with E-state index < -0.39 is 35.9 Å². The Kier molecular flexibility index (Phi) is 9.46. The van der Waals surface area contributed by atoms with Crippen LogP contribution in [0.15, 0.2) is 72.1 Å². The van der Waals surface area contributed by atoms with Crippen LogP contribution in [-0.4, -0.2) is 54.7 Å². The van der Waals surface area contributed by atoms with E-state index in [4.69, 9.17) is 18.9 Å². The molecule has 0 spiro atoms. The van der Waals surface area contributed by atoms with Crippen molar-refractivity contribution < 1.29 is 33.6 Å². The summed E-state index contributed by atoms with van der Waals surface area (Å²) in [6.45, 7) is 5.32. The number of benzene rings is 2. The van der Waals surface area contributed by atoms with E-state index in [0.717, 1.165) is 11.1 Å². The van der Waals surface area contributed by atoms with Crippen LogP contribution in [-0.2, 0) is 37.0 Å². The van der Waals surface area contributed by atoms with Gasteiger partial charge in [0.25, 0.3) is 0 Å². The Bertz CT molecular complexity index is 1040. The second-order valence-corrected chi connectivity index (χ2v) is 9.32. The average Bonchev–Trinajstić information content (AvgIpc) is 3.21. The molecule has 0 saturated carbocycles. The van der Waals surface area contributed by atoms with Gasteiger partial charge >= 0.3 is 12.1 Å². The average molecular weight is 499 g/mol. The quantitative estimate of drug-likeness (QED) is 0.357. The van der Waals surface area contributed by atoms with Crippen molar-refractivity contribution in [2.75, 3.05) is 13.7 Å². The van der Waals surface area contributed by atoms with Crippen LogP contribution >= 0.6 is 0 Å². The Morgan fingerprint density at radius 2 is 1.50 bits per heavy atom. The van der Waals surface area contributed by atoms with Crippen molar-refractivity contribution in [1.29, 1.82) is 0 Å². The van der Waals surface area contributed by atoms with Gasteiger partial charge < -0.3 is 29.4 Å². The van der Waals surface area contributed by atoms with Gasteiger partial charge in [0.1, 0.15) is 17.8 Å². The number of amides is 1. The van der Waals surface area contributed by atoms with E-state index in [9.17, 15) is 14.7 Å². The zero-order valence-corrected chi connectivity index (χ0v) is 21.0. The molecule has 2 aromatic rings. The molecular formula is C27H34N2O7. The maximum absolute atomic E-state index is 12.8. The first-order chi connectivity index (χ1) is 17.2. The van der Waals surface area contributed by atoms with E-state index in [2.05, 4.69) is 10.6 Å². The molecule has 2 aromatic carbocycles. The molecule has 1 amide bonds. The topological polar surface area (TPSA) is 115 Å². The fraction of sp³-hybridized carbons (Fsp3) is 0.407. The summed E-state index contributed by atoms with van der Waals surface area (Å²) in [5.41, 5.74) is 1.13. The number of methoxy groups -OCH3 is 1. The Morgan fingerprint density at radius 1 is 0.944 bits per heavy atom. The van der Waals surface area contributed by atoms with Crippen molar-refractivity contribution in [3.05, 3.63) is 83.2 Å². The molecule has 0 radical (unpaired) electrons. The molecule has 194 valence electrons. The molecule has 3 N–H and O–H groups in total. The Balaban J connectivity index is 1.95. The Labute approximate surface area is 211 Å². The van der Waals surface area contributed by atoms with Gasteiger partial charge in [0.2, 0.25) is 0 Å². The van der Waals surface area contributed by atoms with Crippen molar-refractivity contribution in [2.24, 2.45) is 0 Å². The van der Waals surface area contributed by atoms with Gasteiger partial charge in [-0.25, -0.2) is 9.59 Å². The second-order valence-electron chi connectivity index (χ2n) is 9.32. The maximum atomic E-state index is 12.8. The zero-order valence-electron chi connectivity index (χ0n) is 21.0. The summed E-state index contributed by atoms with van der Waals surface area (Å²) in [6, 6.07) is 18.5. The number of esters is 1. The van der Waals surface area contributed by atoms with Gasteiger partial charge in [-0.3, -0.25) is 5.32 Å². The van der Waals surface area contributed by atoms with Crippen LogP contribution in [0.25, 0.3) is 0 Å². The van der Waals surface area contributed by atoms with Gasteiger partial charge in [0, 0.05) is 0 Å². The van der Waals surface area contributed by atoms with E-state index >= 15 is 0 Å². The van der Waals surface area contributed by atoms with Gasteiger partial charge in [-0.15, -0.1) is 0 Å². The molecule has 0 unspecified atom stereocenters. The third-order valence-electron chi connectivity index (χ3n) is 5.36. The lowest BCUT2D eigenvalue weighted by molar-refractivity contribution is -0.136. The number of carbonyl (C=O) groups excluding carboxylic acids is 2. The van der Waals surface area contributed by atoms with Gasteiger partial charge in [-0.2, -0.15) is 0 Å². The van der Waals surface area contributed by atoms with Crippen molar-refractivity contribution in [1.82, 2.24) is 10.6 Å². The molecule has 3 rings (SSSR count). The van der Waals surface area contributed by atoms with Crippen molar-refractivity contribution in [3.63, 3.8) is 0 Å². The molecule has 1 saturated heterocycles. The van der Waals surface area contributed by atoms with Crippen LogP contribution < -0.4 is 10.6 Å². The number of rotatable bonds is 9. The zero-order chi connectivity index (χ0) is 26.1. The monoisotopic (exact) mass is 498 g/mol. The first kappa shape index (κ1) is 27.2. The minimum Gasteiger partial charge on any atom is -0.464 e. The lowest BCUT2D eigenvalue weighted by Gasteiger charge is -2.24. The minimum absolute atomic E-state index is 0.172. The van der Waals surface area contributed by atoms with Gasteiger partial charge in [0.15, 0.2) is 5.70 Å². The highest BCUT2D eigenvalue weighted by molar-refractivity contribution is 5.93. The highest BCUT2D eigenvalue weighted by Crippen LogP contribution is 2.28. The standard InChI is InChI=1S/C27H34N2O7/c1-27(2,3)36-26(32)29-22(25(31)33-4)21-24(35-17-19-13-9-6-10-14-19)23(20(15-30)28-21)34-16-18-11-7-5-8-12-18/h5-14,20,23-24,28,30H,15-17H2,1-4H3,(H,29,32)/b22-21+/t20-,23+,24+/m0/s1. The molecule has 1 fully saturated rings. The summed E-state index contributed by atoms with van der Waals surface area (Å²) in [4.78, 5) is 25.3. The number of carbonyl (C=O) groups is 2.